The summed E-state index contributed by atoms with van der Waals surface area (Å²) in [5.41, 5.74) is 6.79. The molecular formula is C16H20ClN3O2. The molecule has 4 N–H and O–H groups in total. The van der Waals surface area contributed by atoms with E-state index in [-0.39, 0.29) is 30.3 Å². The Hall–Kier alpha value is -1.59. The van der Waals surface area contributed by atoms with E-state index in [2.05, 4.69) is 10.6 Å². The standard InChI is InChI=1S/C16H20ClN3O2/c17-11-3-5-12(6-4-11)20-13(21)8-19-16(22)14-9-1-2-10(7-9)15(14)18/h3-6,9-10,14-15H,1-2,7-8,18H2,(H,19,22)(H,20,21). The van der Waals surface area contributed by atoms with Gasteiger partial charge in [-0.2, -0.15) is 0 Å². The Kier molecular flexibility index (Phi) is 4.36. The van der Waals surface area contributed by atoms with E-state index in [1.54, 1.807) is 24.3 Å². The highest BCUT2D eigenvalue weighted by atomic mass is 35.5. The summed E-state index contributed by atoms with van der Waals surface area (Å²) in [5, 5.41) is 6.04. The summed E-state index contributed by atoms with van der Waals surface area (Å²) in [6.45, 7) is -0.0396. The molecule has 2 aliphatic rings. The van der Waals surface area contributed by atoms with Gasteiger partial charge in [0.05, 0.1) is 12.5 Å². The Morgan fingerprint density at radius 2 is 1.86 bits per heavy atom. The zero-order valence-electron chi connectivity index (χ0n) is 12.2. The number of carbonyl (C=O) groups excluding carboxylic acids is 2. The molecule has 0 spiro atoms. The van der Waals surface area contributed by atoms with Crippen LogP contribution in [0.1, 0.15) is 19.3 Å². The lowest BCUT2D eigenvalue weighted by Crippen LogP contribution is -2.46. The number of halogens is 1. The van der Waals surface area contributed by atoms with Crippen LogP contribution < -0.4 is 16.4 Å². The van der Waals surface area contributed by atoms with Gasteiger partial charge in [0.15, 0.2) is 0 Å². The van der Waals surface area contributed by atoms with Crippen molar-refractivity contribution < 1.29 is 9.59 Å². The third kappa shape index (κ3) is 3.10. The van der Waals surface area contributed by atoms with Gasteiger partial charge >= 0.3 is 0 Å². The van der Waals surface area contributed by atoms with Crippen LogP contribution in [0.25, 0.3) is 0 Å². The van der Waals surface area contributed by atoms with Gasteiger partial charge in [-0.1, -0.05) is 11.6 Å². The van der Waals surface area contributed by atoms with Gasteiger partial charge in [-0.3, -0.25) is 9.59 Å². The van der Waals surface area contributed by atoms with E-state index >= 15 is 0 Å². The highest BCUT2D eigenvalue weighted by Gasteiger charge is 2.48. The summed E-state index contributed by atoms with van der Waals surface area (Å²) in [6.07, 6.45) is 3.26. The predicted molar refractivity (Wildman–Crippen MR) is 85.4 cm³/mol. The minimum absolute atomic E-state index is 0.0396. The molecule has 0 radical (unpaired) electrons. The molecule has 2 bridgehead atoms. The van der Waals surface area contributed by atoms with Gasteiger partial charge in [0, 0.05) is 16.8 Å². The van der Waals surface area contributed by atoms with Crippen LogP contribution >= 0.6 is 11.6 Å². The lowest BCUT2D eigenvalue weighted by atomic mass is 9.84. The largest absolute Gasteiger partial charge is 0.347 e. The number of nitrogens with two attached hydrogens (primary N) is 1. The Balaban J connectivity index is 1.48. The second-order valence-electron chi connectivity index (χ2n) is 6.21. The predicted octanol–water partition coefficient (Wildman–Crippen LogP) is 1.77. The first-order chi connectivity index (χ1) is 10.5. The Bertz CT molecular complexity index is 573. The molecule has 1 aromatic rings. The monoisotopic (exact) mass is 321 g/mol. The number of nitrogens with one attached hydrogen (secondary N) is 2. The number of amides is 2. The van der Waals surface area contributed by atoms with Gasteiger partial charge in [-0.05, 0) is 55.4 Å². The van der Waals surface area contributed by atoms with Gasteiger partial charge in [0.1, 0.15) is 0 Å². The maximum absolute atomic E-state index is 12.3. The van der Waals surface area contributed by atoms with E-state index in [4.69, 9.17) is 17.3 Å². The molecular weight excluding hydrogens is 302 g/mol. The molecule has 0 aliphatic heterocycles. The maximum Gasteiger partial charge on any atom is 0.243 e. The van der Waals surface area contributed by atoms with Gasteiger partial charge in [-0.15, -0.1) is 0 Å². The number of hydrogen-bond donors (Lipinski definition) is 3. The molecule has 5 nitrogen and oxygen atoms in total. The van der Waals surface area contributed by atoms with Gasteiger partial charge < -0.3 is 16.4 Å². The number of fused-ring (bicyclic) bond motifs is 2. The molecule has 0 aromatic heterocycles. The Morgan fingerprint density at radius 1 is 1.18 bits per heavy atom. The smallest absolute Gasteiger partial charge is 0.243 e. The second kappa shape index (κ2) is 6.26. The molecule has 2 saturated carbocycles. The van der Waals surface area contributed by atoms with E-state index in [0.717, 1.165) is 19.3 Å². The Morgan fingerprint density at radius 3 is 2.50 bits per heavy atom. The van der Waals surface area contributed by atoms with Crippen LogP contribution in [0.3, 0.4) is 0 Å². The quantitative estimate of drug-likeness (QED) is 0.790. The molecule has 0 saturated heterocycles. The summed E-state index contributed by atoms with van der Waals surface area (Å²) < 4.78 is 0. The number of carbonyl (C=O) groups is 2. The minimum atomic E-state index is -0.257. The third-order valence-corrected chi connectivity index (χ3v) is 5.09. The van der Waals surface area contributed by atoms with E-state index in [9.17, 15) is 9.59 Å². The maximum atomic E-state index is 12.3. The summed E-state index contributed by atoms with van der Waals surface area (Å²) in [5.74, 6) is 0.378. The van der Waals surface area contributed by atoms with Crippen molar-refractivity contribution >= 4 is 29.1 Å². The number of benzene rings is 1. The van der Waals surface area contributed by atoms with Crippen LogP contribution in [0.15, 0.2) is 24.3 Å². The third-order valence-electron chi connectivity index (χ3n) is 4.83. The highest BCUT2D eigenvalue weighted by molar-refractivity contribution is 6.30. The fraction of sp³-hybridized carbons (Fsp3) is 0.500. The molecule has 4 atom stereocenters. The Labute approximate surface area is 134 Å². The number of hydrogen-bond acceptors (Lipinski definition) is 3. The van der Waals surface area contributed by atoms with Crippen molar-refractivity contribution in [1.82, 2.24) is 5.32 Å². The number of anilines is 1. The van der Waals surface area contributed by atoms with Crippen molar-refractivity contribution in [2.45, 2.75) is 25.3 Å². The SMILES string of the molecule is NC1C2CCC(C2)C1C(=O)NCC(=O)Nc1ccc(Cl)cc1. The summed E-state index contributed by atoms with van der Waals surface area (Å²) in [4.78, 5) is 24.1. The molecule has 0 heterocycles. The molecule has 22 heavy (non-hydrogen) atoms. The zero-order chi connectivity index (χ0) is 15.7. The summed E-state index contributed by atoms with van der Waals surface area (Å²) in [7, 11) is 0. The normalized spacial score (nSPS) is 29.4. The minimum Gasteiger partial charge on any atom is -0.347 e. The second-order valence-corrected chi connectivity index (χ2v) is 6.65. The van der Waals surface area contributed by atoms with E-state index in [1.807, 2.05) is 0 Å². The highest BCUT2D eigenvalue weighted by Crippen LogP contribution is 2.47. The average Bonchev–Trinajstić information content (AvgIpc) is 3.08. The molecule has 3 rings (SSSR count). The lowest BCUT2D eigenvalue weighted by molar-refractivity contribution is -0.129. The van der Waals surface area contributed by atoms with Crippen LogP contribution in [0, 0.1) is 17.8 Å². The summed E-state index contributed by atoms with van der Waals surface area (Å²) >= 11 is 5.79. The molecule has 1 aromatic carbocycles. The fourth-order valence-corrected chi connectivity index (χ4v) is 3.87. The van der Waals surface area contributed by atoms with E-state index < -0.39 is 0 Å². The van der Waals surface area contributed by atoms with Crippen molar-refractivity contribution in [2.75, 3.05) is 11.9 Å². The van der Waals surface area contributed by atoms with Gasteiger partial charge in [0.2, 0.25) is 11.8 Å². The first kappa shape index (κ1) is 15.3. The van der Waals surface area contributed by atoms with Crippen LogP contribution in [0.4, 0.5) is 5.69 Å². The van der Waals surface area contributed by atoms with Crippen LogP contribution in [-0.4, -0.2) is 24.4 Å². The molecule has 4 unspecified atom stereocenters. The van der Waals surface area contributed by atoms with Crippen molar-refractivity contribution in [3.63, 3.8) is 0 Å². The number of rotatable bonds is 4. The fourth-order valence-electron chi connectivity index (χ4n) is 3.75. The van der Waals surface area contributed by atoms with E-state index in [0.29, 0.717) is 22.5 Å². The first-order valence-corrected chi connectivity index (χ1v) is 8.01. The molecule has 6 heteroatoms. The topological polar surface area (TPSA) is 84.2 Å². The van der Waals surface area contributed by atoms with Crippen molar-refractivity contribution in [3.8, 4) is 0 Å². The van der Waals surface area contributed by atoms with Crippen molar-refractivity contribution in [2.24, 2.45) is 23.5 Å². The van der Waals surface area contributed by atoms with E-state index in [1.165, 1.54) is 0 Å². The first-order valence-electron chi connectivity index (χ1n) is 7.63. The lowest BCUT2D eigenvalue weighted by Gasteiger charge is -2.26. The van der Waals surface area contributed by atoms with Crippen LogP contribution in [-0.2, 0) is 9.59 Å². The van der Waals surface area contributed by atoms with Crippen molar-refractivity contribution in [1.29, 1.82) is 0 Å². The zero-order valence-corrected chi connectivity index (χ0v) is 13.0. The molecule has 2 aliphatic carbocycles. The van der Waals surface area contributed by atoms with Crippen LogP contribution in [0.5, 0.6) is 0 Å². The molecule has 2 fully saturated rings. The average molecular weight is 322 g/mol. The summed E-state index contributed by atoms with van der Waals surface area (Å²) in [6, 6.07) is 6.77. The van der Waals surface area contributed by atoms with Crippen molar-refractivity contribution in [3.05, 3.63) is 29.3 Å². The molecule has 2 amide bonds. The van der Waals surface area contributed by atoms with Gasteiger partial charge in [0.25, 0.3) is 0 Å². The van der Waals surface area contributed by atoms with Crippen LogP contribution in [0.2, 0.25) is 5.02 Å². The van der Waals surface area contributed by atoms with Gasteiger partial charge in [-0.25, -0.2) is 0 Å². The molecule has 118 valence electrons.